The lowest BCUT2D eigenvalue weighted by Crippen LogP contribution is -2.47. The topological polar surface area (TPSA) is 47.9 Å². The van der Waals surface area contributed by atoms with E-state index in [4.69, 9.17) is 16.6 Å². The minimum Gasteiger partial charge on any atom is -0.369 e. The molecule has 3 aromatic carbocycles. The van der Waals surface area contributed by atoms with Crippen LogP contribution in [-0.4, -0.2) is 55.8 Å². The van der Waals surface area contributed by atoms with Crippen LogP contribution in [0.15, 0.2) is 75.4 Å². The first-order valence-electron chi connectivity index (χ1n) is 13.5. The summed E-state index contributed by atoms with van der Waals surface area (Å²) in [4.78, 5) is 25.2. The molecule has 0 bridgehead atoms. The Morgan fingerprint density at radius 3 is 2.66 bits per heavy atom. The van der Waals surface area contributed by atoms with E-state index in [0.29, 0.717) is 12.1 Å². The standard InChI is InChI=1S/C31H35ClN4OS/c1-3-7-26-25-8-4-5-9-29(25)38-30-13-11-23(20-27(30)34-26)31(37)33-14-6-15-35-16-18-36(19-17-35)28-21-24(32)12-10-22(28)2/h4-5,8-13,20-21H,3,6-7,14-19H2,1-2H3,(H,33,37). The summed E-state index contributed by atoms with van der Waals surface area (Å²) >= 11 is 7.95. The quantitative estimate of drug-likeness (QED) is 0.310. The van der Waals surface area contributed by atoms with Crippen molar-refractivity contribution in [1.82, 2.24) is 10.2 Å². The number of piperazine rings is 1. The van der Waals surface area contributed by atoms with Crippen LogP contribution >= 0.6 is 23.4 Å². The molecule has 2 heterocycles. The molecule has 3 aromatic rings. The van der Waals surface area contributed by atoms with Gasteiger partial charge in [-0.1, -0.05) is 61.0 Å². The predicted molar refractivity (Wildman–Crippen MR) is 160 cm³/mol. The van der Waals surface area contributed by atoms with E-state index in [9.17, 15) is 4.79 Å². The minimum atomic E-state index is -0.0342. The molecule has 0 radical (unpaired) electrons. The van der Waals surface area contributed by atoms with Crippen LogP contribution in [0.4, 0.5) is 11.4 Å². The van der Waals surface area contributed by atoms with Crippen LogP contribution in [0.5, 0.6) is 0 Å². The third kappa shape index (κ3) is 6.25. The van der Waals surface area contributed by atoms with E-state index >= 15 is 0 Å². The molecular formula is C31H35ClN4OS. The highest BCUT2D eigenvalue weighted by molar-refractivity contribution is 7.99. The number of aliphatic imine (C=N–C) groups is 1. The fourth-order valence-electron chi connectivity index (χ4n) is 5.12. The van der Waals surface area contributed by atoms with Crippen LogP contribution in [0.3, 0.4) is 0 Å². The van der Waals surface area contributed by atoms with Gasteiger partial charge in [0.15, 0.2) is 0 Å². The summed E-state index contributed by atoms with van der Waals surface area (Å²) in [7, 11) is 0. The van der Waals surface area contributed by atoms with Gasteiger partial charge < -0.3 is 10.2 Å². The first-order chi connectivity index (χ1) is 18.5. The van der Waals surface area contributed by atoms with Gasteiger partial charge in [0, 0.05) is 70.1 Å². The Labute approximate surface area is 235 Å². The summed E-state index contributed by atoms with van der Waals surface area (Å²) < 4.78 is 0. The minimum absolute atomic E-state index is 0.0342. The Bertz CT molecular complexity index is 1330. The SMILES string of the molecule is CCCC1=Nc2cc(C(=O)NCCCN3CCN(c4cc(Cl)ccc4C)CC3)ccc2Sc2ccccc21. The number of amides is 1. The molecule has 198 valence electrons. The molecule has 2 aliphatic heterocycles. The first kappa shape index (κ1) is 26.8. The molecule has 5 nitrogen and oxygen atoms in total. The Balaban J connectivity index is 1.13. The summed E-state index contributed by atoms with van der Waals surface area (Å²) in [6.07, 6.45) is 2.87. The molecule has 1 amide bonds. The number of halogens is 1. The number of rotatable bonds is 8. The van der Waals surface area contributed by atoms with Crippen LogP contribution in [0.2, 0.25) is 5.02 Å². The van der Waals surface area contributed by atoms with Gasteiger partial charge in [-0.25, -0.2) is 0 Å². The van der Waals surface area contributed by atoms with Crippen molar-refractivity contribution in [3.8, 4) is 0 Å². The Morgan fingerprint density at radius 2 is 1.84 bits per heavy atom. The van der Waals surface area contributed by atoms with Gasteiger partial charge in [0.05, 0.1) is 5.69 Å². The van der Waals surface area contributed by atoms with Gasteiger partial charge in [0.25, 0.3) is 5.91 Å². The Morgan fingerprint density at radius 1 is 1.03 bits per heavy atom. The number of aryl methyl sites for hydroxylation is 1. The van der Waals surface area contributed by atoms with Crippen LogP contribution in [0.1, 0.15) is 47.7 Å². The average Bonchev–Trinajstić information content (AvgIpc) is 3.09. The van der Waals surface area contributed by atoms with E-state index in [2.05, 4.69) is 65.4 Å². The maximum Gasteiger partial charge on any atom is 0.251 e. The number of carbonyl (C=O) groups is 1. The third-order valence-corrected chi connectivity index (χ3v) is 8.58. The summed E-state index contributed by atoms with van der Waals surface area (Å²) in [5, 5.41) is 3.90. The highest BCUT2D eigenvalue weighted by Gasteiger charge is 2.20. The number of benzene rings is 3. The molecule has 38 heavy (non-hydrogen) atoms. The zero-order chi connectivity index (χ0) is 26.5. The Hall–Kier alpha value is -2.80. The number of nitrogens with zero attached hydrogens (tertiary/aromatic N) is 3. The van der Waals surface area contributed by atoms with Crippen LogP contribution in [0, 0.1) is 6.92 Å². The van der Waals surface area contributed by atoms with E-state index in [1.54, 1.807) is 11.8 Å². The molecule has 0 saturated carbocycles. The number of carbonyl (C=O) groups excluding carboxylic acids is 1. The number of hydrogen-bond donors (Lipinski definition) is 1. The lowest BCUT2D eigenvalue weighted by atomic mass is 10.1. The van der Waals surface area contributed by atoms with E-state index in [1.165, 1.54) is 21.7 Å². The molecule has 1 fully saturated rings. The molecular weight excluding hydrogens is 512 g/mol. The van der Waals surface area contributed by atoms with Crippen molar-refractivity contribution < 1.29 is 4.79 Å². The second-order valence-corrected chi connectivity index (χ2v) is 11.5. The van der Waals surface area contributed by atoms with Gasteiger partial charge in [-0.3, -0.25) is 14.7 Å². The molecule has 1 N–H and O–H groups in total. The van der Waals surface area contributed by atoms with Gasteiger partial charge in [-0.05, 0) is 68.3 Å². The van der Waals surface area contributed by atoms with Crippen molar-refractivity contribution in [3.63, 3.8) is 0 Å². The Kier molecular flexibility index (Phi) is 8.72. The second-order valence-electron chi connectivity index (χ2n) is 9.96. The van der Waals surface area contributed by atoms with E-state index in [0.717, 1.165) is 73.3 Å². The maximum absolute atomic E-state index is 13.0. The molecule has 5 rings (SSSR count). The summed E-state index contributed by atoms with van der Waals surface area (Å²) in [5.74, 6) is -0.0342. The molecule has 0 spiro atoms. The van der Waals surface area contributed by atoms with Gasteiger partial charge >= 0.3 is 0 Å². The van der Waals surface area contributed by atoms with Gasteiger partial charge in [-0.2, -0.15) is 0 Å². The number of hydrogen-bond acceptors (Lipinski definition) is 5. The zero-order valence-electron chi connectivity index (χ0n) is 22.2. The van der Waals surface area contributed by atoms with Crippen molar-refractivity contribution in [2.45, 2.75) is 42.9 Å². The highest BCUT2D eigenvalue weighted by atomic mass is 35.5. The van der Waals surface area contributed by atoms with Crippen molar-refractivity contribution in [2.24, 2.45) is 4.99 Å². The third-order valence-electron chi connectivity index (χ3n) is 7.20. The van der Waals surface area contributed by atoms with Crippen molar-refractivity contribution in [2.75, 3.05) is 44.2 Å². The van der Waals surface area contributed by atoms with Crippen molar-refractivity contribution in [1.29, 1.82) is 0 Å². The van der Waals surface area contributed by atoms with E-state index in [1.807, 2.05) is 24.3 Å². The van der Waals surface area contributed by atoms with Crippen LogP contribution in [0.25, 0.3) is 0 Å². The van der Waals surface area contributed by atoms with Crippen LogP contribution < -0.4 is 10.2 Å². The highest BCUT2D eigenvalue weighted by Crippen LogP contribution is 2.41. The fourth-order valence-corrected chi connectivity index (χ4v) is 6.31. The largest absolute Gasteiger partial charge is 0.369 e. The van der Waals surface area contributed by atoms with Crippen molar-refractivity contribution >= 4 is 46.4 Å². The molecule has 1 saturated heterocycles. The molecule has 0 aromatic heterocycles. The van der Waals surface area contributed by atoms with E-state index in [-0.39, 0.29) is 5.91 Å². The first-order valence-corrected chi connectivity index (χ1v) is 14.7. The monoisotopic (exact) mass is 546 g/mol. The fraction of sp³-hybridized carbons (Fsp3) is 0.355. The van der Waals surface area contributed by atoms with Gasteiger partial charge in [0.1, 0.15) is 0 Å². The molecule has 7 heteroatoms. The van der Waals surface area contributed by atoms with Crippen molar-refractivity contribution in [3.05, 3.63) is 82.4 Å². The second kappa shape index (κ2) is 12.4. The predicted octanol–water partition coefficient (Wildman–Crippen LogP) is 6.98. The number of fused-ring (bicyclic) bond motifs is 2. The molecule has 0 atom stereocenters. The van der Waals surface area contributed by atoms with E-state index < -0.39 is 0 Å². The molecule has 0 unspecified atom stereocenters. The van der Waals surface area contributed by atoms with Gasteiger partial charge in [-0.15, -0.1) is 0 Å². The summed E-state index contributed by atoms with van der Waals surface area (Å²) in [6, 6.07) is 20.4. The lowest BCUT2D eigenvalue weighted by molar-refractivity contribution is 0.0951. The smallest absolute Gasteiger partial charge is 0.251 e. The molecule has 0 aliphatic carbocycles. The average molecular weight is 547 g/mol. The number of anilines is 1. The summed E-state index contributed by atoms with van der Waals surface area (Å²) in [5.41, 5.74) is 6.34. The summed E-state index contributed by atoms with van der Waals surface area (Å²) in [6.45, 7) is 9.97. The van der Waals surface area contributed by atoms with Gasteiger partial charge in [0.2, 0.25) is 0 Å². The number of nitrogens with one attached hydrogen (secondary N) is 1. The lowest BCUT2D eigenvalue weighted by Gasteiger charge is -2.37. The van der Waals surface area contributed by atoms with Crippen LogP contribution in [-0.2, 0) is 0 Å². The normalized spacial score (nSPS) is 15.3. The molecule has 2 aliphatic rings. The zero-order valence-corrected chi connectivity index (χ0v) is 23.7. The maximum atomic E-state index is 13.0.